The van der Waals surface area contributed by atoms with E-state index >= 15 is 0 Å². The molecule has 0 aliphatic rings. The lowest BCUT2D eigenvalue weighted by atomic mass is 9.87. The highest BCUT2D eigenvalue weighted by Gasteiger charge is 2.26. The second kappa shape index (κ2) is 9.04. The third kappa shape index (κ3) is 5.34. The number of carbonyl (C=O) groups excluding carboxylic acids is 2. The highest BCUT2D eigenvalue weighted by Crippen LogP contribution is 2.22. The van der Waals surface area contributed by atoms with Crippen LogP contribution in [0, 0.1) is 18.8 Å². The topological polar surface area (TPSA) is 78.5 Å². The standard InChI is InChI=1S/C21H25NO4/c1-4-26-18-11-9-17(10-12-18)22-20(23)19(15(3)21(24)25)13-16-7-5-14(2)6-8-16/h5-12,15,19H,4,13H2,1-3H3,(H,22,23)(H,24,25)/p-1/t15-,19+/m1/s1. The summed E-state index contributed by atoms with van der Waals surface area (Å²) in [5, 5.41) is 14.1. The maximum atomic E-state index is 12.7. The Hall–Kier alpha value is -2.82. The highest BCUT2D eigenvalue weighted by molar-refractivity contribution is 5.95. The number of amides is 1. The first kappa shape index (κ1) is 19.5. The van der Waals surface area contributed by atoms with Gasteiger partial charge >= 0.3 is 0 Å². The molecule has 0 saturated heterocycles. The zero-order valence-electron chi connectivity index (χ0n) is 15.3. The number of carboxylic acids is 1. The van der Waals surface area contributed by atoms with Crippen molar-refractivity contribution in [3.63, 3.8) is 0 Å². The summed E-state index contributed by atoms with van der Waals surface area (Å²) < 4.78 is 5.37. The summed E-state index contributed by atoms with van der Waals surface area (Å²) >= 11 is 0. The number of nitrogens with one attached hydrogen (secondary N) is 1. The Morgan fingerprint density at radius 1 is 1.08 bits per heavy atom. The molecule has 0 aliphatic carbocycles. The highest BCUT2D eigenvalue weighted by atomic mass is 16.5. The average molecular weight is 354 g/mol. The van der Waals surface area contributed by atoms with Gasteiger partial charge in [0.2, 0.25) is 5.91 Å². The minimum absolute atomic E-state index is 0.332. The second-order valence-electron chi connectivity index (χ2n) is 6.35. The van der Waals surface area contributed by atoms with E-state index in [9.17, 15) is 14.7 Å². The van der Waals surface area contributed by atoms with Crippen molar-refractivity contribution in [1.29, 1.82) is 0 Å². The Morgan fingerprint density at radius 3 is 2.23 bits per heavy atom. The number of carboxylic acid groups (broad SMARTS) is 1. The maximum absolute atomic E-state index is 12.7. The van der Waals surface area contributed by atoms with Gasteiger partial charge in [-0.05, 0) is 50.1 Å². The van der Waals surface area contributed by atoms with E-state index in [2.05, 4.69) is 5.32 Å². The number of hydrogen-bond acceptors (Lipinski definition) is 4. The molecule has 0 bridgehead atoms. The van der Waals surface area contributed by atoms with Crippen molar-refractivity contribution in [1.82, 2.24) is 0 Å². The molecule has 1 amide bonds. The van der Waals surface area contributed by atoms with Gasteiger partial charge in [0.25, 0.3) is 0 Å². The number of ether oxygens (including phenoxy) is 1. The van der Waals surface area contributed by atoms with E-state index in [1.807, 2.05) is 38.1 Å². The second-order valence-corrected chi connectivity index (χ2v) is 6.35. The van der Waals surface area contributed by atoms with Crippen molar-refractivity contribution >= 4 is 17.6 Å². The van der Waals surface area contributed by atoms with E-state index in [-0.39, 0.29) is 5.91 Å². The number of aryl methyl sites for hydroxylation is 1. The quantitative estimate of drug-likeness (QED) is 0.790. The summed E-state index contributed by atoms with van der Waals surface area (Å²) in [4.78, 5) is 24.1. The fourth-order valence-electron chi connectivity index (χ4n) is 2.68. The molecule has 0 aliphatic heterocycles. The fourth-order valence-corrected chi connectivity index (χ4v) is 2.68. The Labute approximate surface area is 154 Å². The minimum Gasteiger partial charge on any atom is -0.550 e. The lowest BCUT2D eigenvalue weighted by Gasteiger charge is -2.24. The molecule has 2 aromatic rings. The van der Waals surface area contributed by atoms with Crippen LogP contribution < -0.4 is 15.2 Å². The lowest BCUT2D eigenvalue weighted by molar-refractivity contribution is -0.312. The van der Waals surface area contributed by atoms with E-state index in [0.29, 0.717) is 24.5 Å². The van der Waals surface area contributed by atoms with Gasteiger partial charge in [0.1, 0.15) is 5.75 Å². The molecule has 0 fully saturated rings. The third-order valence-corrected chi connectivity index (χ3v) is 4.32. The van der Waals surface area contributed by atoms with Gasteiger partial charge < -0.3 is 20.0 Å². The first-order valence-corrected chi connectivity index (χ1v) is 8.70. The summed E-state index contributed by atoms with van der Waals surface area (Å²) in [6.45, 7) is 5.94. The summed E-state index contributed by atoms with van der Waals surface area (Å²) in [5.41, 5.74) is 2.62. The van der Waals surface area contributed by atoms with Gasteiger partial charge in [0.05, 0.1) is 12.5 Å². The first-order valence-electron chi connectivity index (χ1n) is 8.70. The largest absolute Gasteiger partial charge is 0.550 e. The first-order chi connectivity index (χ1) is 12.4. The van der Waals surface area contributed by atoms with E-state index in [4.69, 9.17) is 4.74 Å². The summed E-state index contributed by atoms with van der Waals surface area (Å²) in [7, 11) is 0. The number of anilines is 1. The number of rotatable bonds is 8. The van der Waals surface area contributed by atoms with Gasteiger partial charge in [-0.2, -0.15) is 0 Å². The zero-order chi connectivity index (χ0) is 19.1. The Balaban J connectivity index is 2.14. The van der Waals surface area contributed by atoms with Gasteiger partial charge in [0, 0.05) is 17.6 Å². The molecule has 0 saturated carbocycles. The van der Waals surface area contributed by atoms with Crippen molar-refractivity contribution in [2.24, 2.45) is 11.8 Å². The summed E-state index contributed by atoms with van der Waals surface area (Å²) in [5.74, 6) is -2.49. The Bertz CT molecular complexity index is 738. The van der Waals surface area contributed by atoms with Gasteiger partial charge in [-0.25, -0.2) is 0 Å². The van der Waals surface area contributed by atoms with Crippen LogP contribution in [0.15, 0.2) is 48.5 Å². The third-order valence-electron chi connectivity index (χ3n) is 4.32. The van der Waals surface area contributed by atoms with E-state index in [1.54, 1.807) is 24.3 Å². The Kier molecular flexibility index (Phi) is 6.78. The van der Waals surface area contributed by atoms with Crippen molar-refractivity contribution < 1.29 is 19.4 Å². The lowest BCUT2D eigenvalue weighted by Crippen LogP contribution is -2.40. The molecule has 0 unspecified atom stereocenters. The van der Waals surface area contributed by atoms with Crippen LogP contribution in [0.5, 0.6) is 5.75 Å². The molecule has 1 N–H and O–H groups in total. The minimum atomic E-state index is -1.23. The van der Waals surface area contributed by atoms with Crippen LogP contribution in [0.3, 0.4) is 0 Å². The number of carbonyl (C=O) groups is 2. The van der Waals surface area contributed by atoms with Gasteiger partial charge in [-0.15, -0.1) is 0 Å². The maximum Gasteiger partial charge on any atom is 0.228 e. The molecule has 0 radical (unpaired) electrons. The zero-order valence-corrected chi connectivity index (χ0v) is 15.3. The van der Waals surface area contributed by atoms with Crippen molar-refractivity contribution in [2.75, 3.05) is 11.9 Å². The molecular formula is C21H24NO4-. The number of hydrogen-bond donors (Lipinski definition) is 1. The van der Waals surface area contributed by atoms with E-state index < -0.39 is 17.8 Å². The smallest absolute Gasteiger partial charge is 0.228 e. The predicted molar refractivity (Wildman–Crippen MR) is 98.8 cm³/mol. The van der Waals surface area contributed by atoms with Crippen LogP contribution in [0.2, 0.25) is 0 Å². The van der Waals surface area contributed by atoms with Gasteiger partial charge in [-0.1, -0.05) is 36.8 Å². The molecule has 0 aromatic heterocycles. The van der Waals surface area contributed by atoms with Crippen molar-refractivity contribution in [3.05, 3.63) is 59.7 Å². The molecule has 0 heterocycles. The summed E-state index contributed by atoms with van der Waals surface area (Å²) in [6.07, 6.45) is 0.332. The molecule has 0 spiro atoms. The molecule has 2 atom stereocenters. The van der Waals surface area contributed by atoms with Crippen LogP contribution in [0.25, 0.3) is 0 Å². The normalized spacial score (nSPS) is 12.9. The average Bonchev–Trinajstić information content (AvgIpc) is 2.62. The van der Waals surface area contributed by atoms with Crippen LogP contribution in [0.4, 0.5) is 5.69 Å². The number of aliphatic carboxylic acids is 1. The summed E-state index contributed by atoms with van der Waals surface area (Å²) in [6, 6.07) is 14.7. The molecule has 5 nitrogen and oxygen atoms in total. The molecule has 2 aromatic carbocycles. The molecular weight excluding hydrogens is 330 g/mol. The molecule has 26 heavy (non-hydrogen) atoms. The fraction of sp³-hybridized carbons (Fsp3) is 0.333. The molecule has 138 valence electrons. The number of benzene rings is 2. The van der Waals surface area contributed by atoms with Crippen LogP contribution >= 0.6 is 0 Å². The van der Waals surface area contributed by atoms with Crippen LogP contribution in [-0.4, -0.2) is 18.5 Å². The van der Waals surface area contributed by atoms with Gasteiger partial charge in [0.15, 0.2) is 0 Å². The van der Waals surface area contributed by atoms with Gasteiger partial charge in [-0.3, -0.25) is 4.79 Å². The van der Waals surface area contributed by atoms with Crippen LogP contribution in [-0.2, 0) is 16.0 Å². The SMILES string of the molecule is CCOc1ccc(NC(=O)[C@@H](Cc2ccc(C)cc2)[C@@H](C)C(=O)[O-])cc1. The molecule has 2 rings (SSSR count). The van der Waals surface area contributed by atoms with Crippen LogP contribution in [0.1, 0.15) is 25.0 Å². The van der Waals surface area contributed by atoms with E-state index in [0.717, 1.165) is 11.1 Å². The Morgan fingerprint density at radius 2 is 1.69 bits per heavy atom. The van der Waals surface area contributed by atoms with Crippen molar-refractivity contribution in [3.8, 4) is 5.75 Å². The predicted octanol–water partition coefficient (Wildman–Crippen LogP) is 2.58. The monoisotopic (exact) mass is 354 g/mol. The van der Waals surface area contributed by atoms with Crippen molar-refractivity contribution in [2.45, 2.75) is 27.2 Å². The van der Waals surface area contributed by atoms with E-state index in [1.165, 1.54) is 6.92 Å². The molecule has 5 heteroatoms.